The van der Waals surface area contributed by atoms with Crippen molar-refractivity contribution in [1.82, 2.24) is 0 Å². The summed E-state index contributed by atoms with van der Waals surface area (Å²) in [6.45, 7) is 18.3. The summed E-state index contributed by atoms with van der Waals surface area (Å²) in [7, 11) is 0. The van der Waals surface area contributed by atoms with Gasteiger partial charge in [-0.1, -0.05) is 75.9 Å². The van der Waals surface area contributed by atoms with Crippen LogP contribution in [0.2, 0.25) is 0 Å². The van der Waals surface area contributed by atoms with E-state index in [4.69, 9.17) is 0 Å². The quantitative estimate of drug-likeness (QED) is 0.122. The molecule has 0 nitrogen and oxygen atoms in total. The minimum absolute atomic E-state index is 0.00108. The van der Waals surface area contributed by atoms with E-state index in [-0.39, 0.29) is 71.5 Å². The fourth-order valence-corrected chi connectivity index (χ4v) is 7.36. The van der Waals surface area contributed by atoms with Gasteiger partial charge in [-0.25, -0.2) is 12.2 Å². The van der Waals surface area contributed by atoms with Crippen LogP contribution in [0.1, 0.15) is 104 Å². The number of alkyl halides is 12. The van der Waals surface area contributed by atoms with Gasteiger partial charge in [0.2, 0.25) is 0 Å². The summed E-state index contributed by atoms with van der Waals surface area (Å²) in [6, 6.07) is 12.5. The number of fused-ring (bicyclic) bond motifs is 3. The van der Waals surface area contributed by atoms with Crippen LogP contribution in [-0.4, -0.2) is 3.21 Å². The molecule has 0 aromatic heterocycles. The molecule has 0 fully saturated rings. The molecule has 0 unspecified atom stereocenters. The largest absolute Gasteiger partial charge is 0.273 e. The van der Waals surface area contributed by atoms with E-state index in [0.717, 1.165) is 6.42 Å². The molecule has 58 heavy (non-hydrogen) atoms. The van der Waals surface area contributed by atoms with E-state index in [1.807, 2.05) is 12.2 Å². The van der Waals surface area contributed by atoms with Gasteiger partial charge >= 0.3 is 175 Å². The van der Waals surface area contributed by atoms with Crippen LogP contribution in [0.5, 0.6) is 0 Å². The summed E-state index contributed by atoms with van der Waals surface area (Å²) in [6.07, 6.45) is -10.9. The predicted octanol–water partition coefficient (Wildman–Crippen LogP) is 15.1. The zero-order valence-electron chi connectivity index (χ0n) is 32.8. The van der Waals surface area contributed by atoms with Gasteiger partial charge in [-0.05, 0) is 24.7 Å². The van der Waals surface area contributed by atoms with Crippen LogP contribution in [0.25, 0.3) is 21.5 Å². The van der Waals surface area contributed by atoms with Crippen LogP contribution >= 0.6 is 0 Å². The number of rotatable bonds is 2. The van der Waals surface area contributed by atoms with Crippen LogP contribution in [-0.2, 0) is 59.8 Å². The Hall–Kier alpha value is -3.86. The monoisotopic (exact) mass is 898 g/mol. The normalized spacial score (nSPS) is 13.8. The Labute approximate surface area is 344 Å². The summed E-state index contributed by atoms with van der Waals surface area (Å²) in [5.41, 5.74) is -2.48. The molecule has 0 heterocycles. The minimum atomic E-state index is -5.22. The van der Waals surface area contributed by atoms with Crippen molar-refractivity contribution in [2.75, 3.05) is 0 Å². The summed E-state index contributed by atoms with van der Waals surface area (Å²) < 4.78 is 155. The first-order valence-electron chi connectivity index (χ1n) is 17.8. The molecule has 6 rings (SSSR count). The molecular formula is C45H40F12Zr. The molecule has 0 radical (unpaired) electrons. The third-order valence-electron chi connectivity index (χ3n) is 9.35. The maximum atomic E-state index is 13.0. The smallest absolute Gasteiger partial charge is 0.109 e. The first-order chi connectivity index (χ1) is 26.3. The first-order valence-corrected chi connectivity index (χ1v) is 19.1. The third kappa shape index (κ3) is 11.4. The third-order valence-corrected chi connectivity index (χ3v) is 10.8. The van der Waals surface area contributed by atoms with Crippen molar-refractivity contribution in [3.63, 3.8) is 0 Å². The van der Waals surface area contributed by atoms with Crippen molar-refractivity contribution in [2.24, 2.45) is 0 Å². The van der Waals surface area contributed by atoms with Gasteiger partial charge < -0.3 is 0 Å². The van der Waals surface area contributed by atoms with Gasteiger partial charge in [-0.3, -0.25) is 6.08 Å². The van der Waals surface area contributed by atoms with E-state index in [0.29, 0.717) is 0 Å². The fraction of sp³-hybridized carbons (Fsp3) is 0.333. The number of hydrogen-bond donors (Lipinski definition) is 0. The van der Waals surface area contributed by atoms with Gasteiger partial charge in [-0.2, -0.15) is 6.08 Å². The topological polar surface area (TPSA) is 0 Å². The fourth-order valence-electron chi connectivity index (χ4n) is 6.65. The molecule has 0 atom stereocenters. The van der Waals surface area contributed by atoms with Crippen molar-refractivity contribution in [2.45, 2.75) is 97.3 Å². The molecular weight excluding hydrogens is 860 g/mol. The second kappa shape index (κ2) is 16.7. The number of benzene rings is 4. The zero-order valence-corrected chi connectivity index (χ0v) is 35.3. The van der Waals surface area contributed by atoms with Gasteiger partial charge in [-0.15, -0.1) is 46.2 Å². The Morgan fingerprint density at radius 3 is 1.07 bits per heavy atom. The summed E-state index contributed by atoms with van der Waals surface area (Å²) in [5, 5.41) is 5.55. The number of aryl methyl sites for hydroxylation is 2. The van der Waals surface area contributed by atoms with Gasteiger partial charge in [0.15, 0.2) is 0 Å². The van der Waals surface area contributed by atoms with Crippen LogP contribution in [0.3, 0.4) is 0 Å². The number of halogens is 12. The minimum Gasteiger partial charge on any atom is -0.273 e. The molecule has 0 aliphatic heterocycles. The van der Waals surface area contributed by atoms with E-state index < -0.39 is 61.3 Å². The molecule has 1 aliphatic rings. The molecule has 0 spiro atoms. The molecule has 1 aliphatic carbocycles. The van der Waals surface area contributed by atoms with Gasteiger partial charge in [0, 0.05) is 0 Å². The van der Waals surface area contributed by atoms with E-state index in [1.54, 1.807) is 0 Å². The van der Waals surface area contributed by atoms with Crippen molar-refractivity contribution in [3.8, 4) is 0 Å². The average Bonchev–Trinajstić information content (AvgIpc) is 3.76. The Bertz CT molecular complexity index is 2140. The van der Waals surface area contributed by atoms with Crippen molar-refractivity contribution in [3.05, 3.63) is 147 Å². The first kappa shape index (κ1) is 46.8. The van der Waals surface area contributed by atoms with Crippen molar-refractivity contribution in [1.29, 1.82) is 0 Å². The second-order valence-corrected chi connectivity index (χ2v) is 17.3. The predicted molar refractivity (Wildman–Crippen MR) is 202 cm³/mol. The van der Waals surface area contributed by atoms with Gasteiger partial charge in [0.1, 0.15) is 0 Å². The van der Waals surface area contributed by atoms with E-state index >= 15 is 0 Å². The van der Waals surface area contributed by atoms with Crippen molar-refractivity contribution >= 4 is 24.8 Å². The molecule has 0 amide bonds. The van der Waals surface area contributed by atoms with Gasteiger partial charge in [0.25, 0.3) is 0 Å². The maximum Gasteiger partial charge on any atom is -0.109 e. The SMILES string of the molecule is Cc1cc2[cH-]c3cc(C)c(C(C)(C)C)cc3c2cc1C(C)(C)C.FC(F)(F)c1cc([C](=[Zr+2])c2cc(C(F)(F)F)cc(C(F)(F)F)c2)cc(C(F)(F)F)c1.[C-]1=CC=CC1. The van der Waals surface area contributed by atoms with Crippen molar-refractivity contribution < 1.29 is 76.9 Å². The molecule has 0 saturated carbocycles. The standard InChI is InChI=1S/C23H29.C17H6F12.C5H5.Zr/c1-14-9-16-11-17-10-15(2)21(23(6,7)8)13-19(17)18(16)12-20(14)22(3,4)5;18-14(19,20)10-2-8(3-11(6-10)15(21,22)23)1-9-4-12(16(24,25)26)7-13(5-9)17(27,28)29;1-2-4-5-3-1;/h9-13H,1-8H3;2-7H;1-3H,4H2;/q-1;;-1;+2. The molecule has 0 N–H and O–H groups in total. The summed E-state index contributed by atoms with van der Waals surface area (Å²) >= 11 is -0.00108. The molecule has 0 saturated heterocycles. The van der Waals surface area contributed by atoms with E-state index in [1.165, 1.54) is 43.8 Å². The average molecular weight is 900 g/mol. The second-order valence-electron chi connectivity index (χ2n) is 16.1. The Balaban J connectivity index is 0.000000234. The molecule has 5 aromatic rings. The molecule has 308 valence electrons. The zero-order chi connectivity index (χ0) is 44.0. The summed E-state index contributed by atoms with van der Waals surface area (Å²) in [5.74, 6) is 0. The number of allylic oxidation sites excluding steroid dienone is 4. The van der Waals surface area contributed by atoms with E-state index in [2.05, 4.69) is 97.9 Å². The molecule has 0 bridgehead atoms. The number of hydrogen-bond acceptors (Lipinski definition) is 0. The van der Waals surface area contributed by atoms with Crippen LogP contribution in [0.15, 0.2) is 85.0 Å². The Morgan fingerprint density at radius 1 is 0.517 bits per heavy atom. The Kier molecular flexibility index (Phi) is 13.4. The van der Waals surface area contributed by atoms with Crippen LogP contribution in [0.4, 0.5) is 52.7 Å². The molecule has 5 aromatic carbocycles. The molecule has 13 heteroatoms. The summed E-state index contributed by atoms with van der Waals surface area (Å²) in [4.78, 5) is 0. The van der Waals surface area contributed by atoms with Crippen LogP contribution in [0, 0.1) is 19.9 Å². The van der Waals surface area contributed by atoms with Crippen LogP contribution < -0.4 is 0 Å². The maximum absolute atomic E-state index is 13.0. The van der Waals surface area contributed by atoms with Gasteiger partial charge in [0.05, 0.1) is 0 Å². The Morgan fingerprint density at radius 2 is 0.845 bits per heavy atom. The van der Waals surface area contributed by atoms with E-state index in [9.17, 15) is 52.7 Å².